The van der Waals surface area contributed by atoms with Gasteiger partial charge < -0.3 is 0 Å². The molecule has 0 bridgehead atoms. The van der Waals surface area contributed by atoms with Crippen molar-refractivity contribution in [1.82, 2.24) is 0 Å². The van der Waals surface area contributed by atoms with E-state index in [1.54, 1.807) is 11.3 Å². The summed E-state index contributed by atoms with van der Waals surface area (Å²) in [6.45, 7) is 27.3. The van der Waals surface area contributed by atoms with Crippen LogP contribution in [-0.4, -0.2) is 32.3 Å². The lowest BCUT2D eigenvalue weighted by Crippen LogP contribution is -2.17. The minimum Gasteiger partial charge on any atom is -0.127 e. The average Bonchev–Trinajstić information content (AvgIpc) is 2.81. The van der Waals surface area contributed by atoms with Gasteiger partial charge in [-0.1, -0.05) is 102 Å². The summed E-state index contributed by atoms with van der Waals surface area (Å²) in [4.78, 5) is 2.11. The molecule has 0 spiro atoms. The van der Waals surface area contributed by atoms with Crippen LogP contribution >= 0.6 is 11.3 Å². The summed E-state index contributed by atoms with van der Waals surface area (Å²) in [6, 6.07) is 0. The van der Waals surface area contributed by atoms with Gasteiger partial charge in [0.05, 0.1) is 20.9 Å². The van der Waals surface area contributed by atoms with Crippen LogP contribution in [0.15, 0.2) is 0 Å². The van der Waals surface area contributed by atoms with E-state index < -0.39 is 32.3 Å². The summed E-state index contributed by atoms with van der Waals surface area (Å²) in [7, 11) is -5.98. The molecule has 1 aromatic heterocycles. The number of hydrogen-bond donors (Lipinski definition) is 0. The zero-order valence-corrected chi connectivity index (χ0v) is 25.2. The van der Waals surface area contributed by atoms with E-state index in [9.17, 15) is 0 Å². The Morgan fingerprint density at radius 2 is 0.655 bits per heavy atom. The molecule has 0 radical (unpaired) electrons. The van der Waals surface area contributed by atoms with Crippen molar-refractivity contribution in [3.8, 4) is 45.9 Å². The van der Waals surface area contributed by atoms with E-state index in [0.717, 1.165) is 20.9 Å². The summed E-state index contributed by atoms with van der Waals surface area (Å²) in [5.41, 5.74) is 16.2. The first-order chi connectivity index (χ1) is 12.9. The van der Waals surface area contributed by atoms with Crippen LogP contribution in [0.5, 0.6) is 0 Å². The second-order valence-electron chi connectivity index (χ2n) is 11.5. The minimum absolute atomic E-state index is 1.02. The predicted molar refractivity (Wildman–Crippen MR) is 145 cm³/mol. The molecule has 0 saturated carbocycles. The second-order valence-corrected chi connectivity index (χ2v) is 31.5. The summed E-state index contributed by atoms with van der Waals surface area (Å²) in [5, 5.41) is 0. The molecule has 0 saturated heterocycles. The molecule has 0 atom stereocenters. The van der Waals surface area contributed by atoms with Gasteiger partial charge in [0, 0.05) is 0 Å². The first-order valence-corrected chi connectivity index (χ1v) is 25.0. The van der Waals surface area contributed by atoms with Crippen LogP contribution in [0.3, 0.4) is 0 Å². The van der Waals surface area contributed by atoms with E-state index >= 15 is 0 Å². The lowest BCUT2D eigenvalue weighted by atomic mass is 10.1. The van der Waals surface area contributed by atoms with E-state index in [-0.39, 0.29) is 0 Å². The van der Waals surface area contributed by atoms with E-state index in [0.29, 0.717) is 0 Å². The zero-order valence-electron chi connectivity index (χ0n) is 20.4. The molecule has 0 unspecified atom stereocenters. The maximum absolute atomic E-state index is 3.54. The van der Waals surface area contributed by atoms with Crippen LogP contribution in [0.25, 0.3) is 0 Å². The fraction of sp³-hybridized carbons (Fsp3) is 0.500. The monoisotopic (exact) mass is 468 g/mol. The van der Waals surface area contributed by atoms with Crippen LogP contribution < -0.4 is 0 Å². The van der Waals surface area contributed by atoms with Crippen molar-refractivity contribution in [3.05, 3.63) is 20.9 Å². The van der Waals surface area contributed by atoms with Crippen molar-refractivity contribution in [3.63, 3.8) is 0 Å². The van der Waals surface area contributed by atoms with Gasteiger partial charge in [-0.25, -0.2) is 0 Å². The maximum atomic E-state index is 3.54. The largest absolute Gasteiger partial charge is 0.129 e. The summed E-state index contributed by atoms with van der Waals surface area (Å²) < 4.78 is 0. The molecule has 0 aliphatic rings. The zero-order chi connectivity index (χ0) is 22.7. The predicted octanol–water partition coefficient (Wildman–Crippen LogP) is 6.66. The molecule has 1 aromatic rings. The number of rotatable bonds is 0. The van der Waals surface area contributed by atoms with Crippen molar-refractivity contribution in [1.29, 1.82) is 0 Å². The van der Waals surface area contributed by atoms with Crippen molar-refractivity contribution in [2.45, 2.75) is 78.6 Å². The van der Waals surface area contributed by atoms with E-state index in [1.165, 1.54) is 0 Å². The smallest absolute Gasteiger partial charge is 0.127 e. The first kappa shape index (κ1) is 25.8. The third-order valence-electron chi connectivity index (χ3n) is 3.14. The average molecular weight is 469 g/mol. The highest BCUT2D eigenvalue weighted by molar-refractivity contribution is 7.13. The Bertz CT molecular complexity index is 919. The van der Waals surface area contributed by atoms with Gasteiger partial charge in [0.15, 0.2) is 0 Å². The van der Waals surface area contributed by atoms with Crippen molar-refractivity contribution < 1.29 is 0 Å². The fourth-order valence-electron chi connectivity index (χ4n) is 1.83. The lowest BCUT2D eigenvalue weighted by molar-refractivity contribution is 1.68. The molecule has 0 fully saturated rings. The SMILES string of the molecule is C[Si](C)(C)C#Cc1sc(C#C[Si](C)(C)C)c(C#C[Si](C)(C)C)c1C#C[Si](C)(C)C. The Labute approximate surface area is 188 Å². The highest BCUT2D eigenvalue weighted by Crippen LogP contribution is 2.27. The Balaban J connectivity index is 3.89. The van der Waals surface area contributed by atoms with Crippen LogP contribution in [0.4, 0.5) is 0 Å². The minimum atomic E-state index is -1.51. The highest BCUT2D eigenvalue weighted by Gasteiger charge is 2.18. The molecule has 1 heterocycles. The normalized spacial score (nSPS) is 11.7. The molecular formula is C24H36SSi4. The van der Waals surface area contributed by atoms with Gasteiger partial charge in [-0.3, -0.25) is 0 Å². The van der Waals surface area contributed by atoms with Crippen LogP contribution in [0.1, 0.15) is 20.9 Å². The van der Waals surface area contributed by atoms with Gasteiger partial charge in [0.1, 0.15) is 32.3 Å². The van der Waals surface area contributed by atoms with Crippen molar-refractivity contribution in [2.24, 2.45) is 0 Å². The topological polar surface area (TPSA) is 0 Å². The molecule has 154 valence electrons. The first-order valence-electron chi connectivity index (χ1n) is 10.2. The van der Waals surface area contributed by atoms with Gasteiger partial charge in [-0.15, -0.1) is 33.5 Å². The Morgan fingerprint density at radius 3 is 0.897 bits per heavy atom. The molecule has 0 aliphatic carbocycles. The van der Waals surface area contributed by atoms with Crippen LogP contribution in [0.2, 0.25) is 78.6 Å². The second kappa shape index (κ2) is 9.30. The van der Waals surface area contributed by atoms with Gasteiger partial charge in [0.2, 0.25) is 0 Å². The number of thiophene rings is 1. The third kappa shape index (κ3) is 11.0. The number of hydrogen-bond acceptors (Lipinski definition) is 1. The molecule has 0 N–H and O–H groups in total. The fourth-order valence-corrected chi connectivity index (χ4v) is 4.93. The summed E-state index contributed by atoms with van der Waals surface area (Å²) in [6.07, 6.45) is 0. The van der Waals surface area contributed by atoms with E-state index in [2.05, 4.69) is 124 Å². The lowest BCUT2D eigenvalue weighted by Gasteiger charge is -2.05. The molecule has 0 amide bonds. The van der Waals surface area contributed by atoms with Crippen molar-refractivity contribution in [2.75, 3.05) is 0 Å². The molecule has 0 aliphatic heterocycles. The van der Waals surface area contributed by atoms with Gasteiger partial charge in [-0.2, -0.15) is 0 Å². The van der Waals surface area contributed by atoms with Gasteiger partial charge in [0.25, 0.3) is 0 Å². The van der Waals surface area contributed by atoms with E-state index in [4.69, 9.17) is 0 Å². The molecule has 0 nitrogen and oxygen atoms in total. The highest BCUT2D eigenvalue weighted by atomic mass is 32.1. The standard InChI is InChI=1S/C24H36SSi4/c1-26(2,3)17-13-21-22(14-18-27(4,5)6)24(16-20-29(10,11)12)25-23(21)15-19-28(7,8)9/h1-12H3. The quantitative estimate of drug-likeness (QED) is 0.295. The maximum Gasteiger partial charge on any atom is 0.129 e. The Kier molecular flexibility index (Phi) is 8.29. The van der Waals surface area contributed by atoms with E-state index in [1.807, 2.05) is 0 Å². The molecule has 1 rings (SSSR count). The molecular weight excluding hydrogens is 433 g/mol. The van der Waals surface area contributed by atoms with Crippen LogP contribution in [0, 0.1) is 45.9 Å². The van der Waals surface area contributed by atoms with Crippen molar-refractivity contribution >= 4 is 43.6 Å². The molecule has 0 aromatic carbocycles. The van der Waals surface area contributed by atoms with Gasteiger partial charge >= 0.3 is 0 Å². The Morgan fingerprint density at radius 1 is 0.414 bits per heavy atom. The third-order valence-corrected chi connectivity index (χ3v) is 7.66. The van der Waals surface area contributed by atoms with Crippen LogP contribution in [-0.2, 0) is 0 Å². The summed E-state index contributed by atoms with van der Waals surface area (Å²) in [5.74, 6) is 14.0. The summed E-state index contributed by atoms with van der Waals surface area (Å²) >= 11 is 1.69. The molecule has 5 heteroatoms. The Hall–Kier alpha value is -1.19. The van der Waals surface area contributed by atoms with Gasteiger partial charge in [-0.05, 0) is 0 Å². The molecule has 29 heavy (non-hydrogen) atoms.